The second kappa shape index (κ2) is 2.48. The van der Waals surface area contributed by atoms with E-state index in [1.165, 1.54) is 38.5 Å². The van der Waals surface area contributed by atoms with E-state index in [0.29, 0.717) is 0 Å². The summed E-state index contributed by atoms with van der Waals surface area (Å²) in [6.07, 6.45) is 8.26. The van der Waals surface area contributed by atoms with E-state index in [2.05, 4.69) is 6.92 Å². The predicted molar refractivity (Wildman–Crippen MR) is 47.3 cm³/mol. The van der Waals surface area contributed by atoms with Crippen molar-refractivity contribution in [3.63, 3.8) is 0 Å². The molecule has 2 rings (SSSR count). The maximum atomic E-state index is 6.06. The number of rotatable bonds is 3. The van der Waals surface area contributed by atoms with Crippen LogP contribution in [-0.4, -0.2) is 5.54 Å². The summed E-state index contributed by atoms with van der Waals surface area (Å²) in [5.41, 5.74) is 6.35. The summed E-state index contributed by atoms with van der Waals surface area (Å²) in [4.78, 5) is 0. The van der Waals surface area contributed by atoms with Crippen molar-refractivity contribution in [1.82, 2.24) is 0 Å². The molecule has 2 N–H and O–H groups in total. The molecule has 1 heteroatoms. The van der Waals surface area contributed by atoms with Gasteiger partial charge in [0.2, 0.25) is 0 Å². The highest BCUT2D eigenvalue weighted by Crippen LogP contribution is 2.43. The van der Waals surface area contributed by atoms with Crippen molar-refractivity contribution in [2.75, 3.05) is 0 Å². The van der Waals surface area contributed by atoms with Crippen LogP contribution < -0.4 is 5.73 Å². The molecule has 64 valence electrons. The van der Waals surface area contributed by atoms with Crippen LogP contribution in [0.15, 0.2) is 0 Å². The lowest BCUT2D eigenvalue weighted by molar-refractivity contribution is 0.198. The first-order chi connectivity index (χ1) is 5.20. The third kappa shape index (κ3) is 1.58. The minimum absolute atomic E-state index is 0.287. The Kier molecular flexibility index (Phi) is 1.71. The Balaban J connectivity index is 1.76. The summed E-state index contributed by atoms with van der Waals surface area (Å²) in [5, 5.41) is 0. The van der Waals surface area contributed by atoms with E-state index in [4.69, 9.17) is 5.73 Å². The first-order valence-corrected chi connectivity index (χ1v) is 4.98. The van der Waals surface area contributed by atoms with E-state index in [1.807, 2.05) is 0 Å². The minimum Gasteiger partial charge on any atom is -0.325 e. The van der Waals surface area contributed by atoms with Gasteiger partial charge in [-0.1, -0.05) is 26.2 Å². The fourth-order valence-corrected chi connectivity index (χ4v) is 2.18. The lowest BCUT2D eigenvalue weighted by Gasteiger charge is -2.32. The normalized spacial score (nSPS) is 31.1. The van der Waals surface area contributed by atoms with Crippen LogP contribution >= 0.6 is 0 Å². The molecule has 0 radical (unpaired) electrons. The molecule has 1 nitrogen and oxygen atoms in total. The molecule has 2 saturated carbocycles. The molecule has 1 unspecified atom stereocenters. The second-order valence-corrected chi connectivity index (χ2v) is 4.73. The van der Waals surface area contributed by atoms with Crippen molar-refractivity contribution >= 4 is 0 Å². The average molecular weight is 153 g/mol. The van der Waals surface area contributed by atoms with Crippen LogP contribution in [0.25, 0.3) is 0 Å². The van der Waals surface area contributed by atoms with Gasteiger partial charge in [0.25, 0.3) is 0 Å². The third-order valence-electron chi connectivity index (χ3n) is 3.58. The Labute approximate surface area is 69.4 Å². The van der Waals surface area contributed by atoms with Crippen LogP contribution in [0.1, 0.15) is 45.4 Å². The van der Waals surface area contributed by atoms with Crippen LogP contribution in [0, 0.1) is 11.8 Å². The molecule has 0 spiro atoms. The van der Waals surface area contributed by atoms with Gasteiger partial charge >= 0.3 is 0 Å². The van der Waals surface area contributed by atoms with Gasteiger partial charge < -0.3 is 5.73 Å². The zero-order valence-electron chi connectivity index (χ0n) is 7.47. The summed E-state index contributed by atoms with van der Waals surface area (Å²) in [5.74, 6) is 1.92. The predicted octanol–water partition coefficient (Wildman–Crippen LogP) is 2.30. The monoisotopic (exact) mass is 153 g/mol. The van der Waals surface area contributed by atoms with Crippen molar-refractivity contribution in [2.45, 2.75) is 51.0 Å². The molecule has 0 aliphatic heterocycles. The quantitative estimate of drug-likeness (QED) is 0.661. The van der Waals surface area contributed by atoms with Gasteiger partial charge in [0.05, 0.1) is 0 Å². The van der Waals surface area contributed by atoms with Gasteiger partial charge in [-0.3, -0.25) is 0 Å². The van der Waals surface area contributed by atoms with Crippen molar-refractivity contribution in [3.05, 3.63) is 0 Å². The Morgan fingerprint density at radius 2 is 2.09 bits per heavy atom. The Morgan fingerprint density at radius 1 is 1.45 bits per heavy atom. The van der Waals surface area contributed by atoms with Crippen LogP contribution in [0.4, 0.5) is 0 Å². The van der Waals surface area contributed by atoms with Gasteiger partial charge in [-0.25, -0.2) is 0 Å². The van der Waals surface area contributed by atoms with E-state index < -0.39 is 0 Å². The highest BCUT2D eigenvalue weighted by Gasteiger charge is 2.41. The molecule has 0 aromatic heterocycles. The molecule has 2 aliphatic rings. The summed E-state index contributed by atoms with van der Waals surface area (Å²) in [6.45, 7) is 2.39. The van der Waals surface area contributed by atoms with Gasteiger partial charge in [0.1, 0.15) is 0 Å². The standard InChI is InChI=1S/C10H19N/c1-8(9-3-2-4-9)7-10(11)5-6-10/h8-9H,2-7,11H2,1H3. The van der Waals surface area contributed by atoms with Gasteiger partial charge in [-0.15, -0.1) is 0 Å². The molecule has 2 fully saturated rings. The average Bonchev–Trinajstić information content (AvgIpc) is 2.41. The fourth-order valence-electron chi connectivity index (χ4n) is 2.18. The van der Waals surface area contributed by atoms with Gasteiger partial charge in [-0.2, -0.15) is 0 Å². The molecule has 2 aliphatic carbocycles. The topological polar surface area (TPSA) is 26.0 Å². The van der Waals surface area contributed by atoms with E-state index in [9.17, 15) is 0 Å². The maximum Gasteiger partial charge on any atom is 0.0158 e. The van der Waals surface area contributed by atoms with E-state index in [0.717, 1.165) is 11.8 Å². The third-order valence-corrected chi connectivity index (χ3v) is 3.58. The van der Waals surface area contributed by atoms with E-state index in [1.54, 1.807) is 0 Å². The lowest BCUT2D eigenvalue weighted by atomic mass is 9.74. The molecule has 0 amide bonds. The van der Waals surface area contributed by atoms with Crippen LogP contribution in [0.2, 0.25) is 0 Å². The largest absolute Gasteiger partial charge is 0.325 e. The van der Waals surface area contributed by atoms with E-state index in [-0.39, 0.29) is 5.54 Å². The van der Waals surface area contributed by atoms with Crippen LogP contribution in [0.3, 0.4) is 0 Å². The maximum absolute atomic E-state index is 6.06. The van der Waals surface area contributed by atoms with Crippen molar-refractivity contribution in [3.8, 4) is 0 Å². The molecule has 0 bridgehead atoms. The summed E-state index contributed by atoms with van der Waals surface area (Å²) in [6, 6.07) is 0. The molecular weight excluding hydrogens is 134 g/mol. The molecule has 0 saturated heterocycles. The molecule has 1 atom stereocenters. The van der Waals surface area contributed by atoms with E-state index >= 15 is 0 Å². The Hall–Kier alpha value is -0.0400. The number of hydrogen-bond donors (Lipinski definition) is 1. The summed E-state index contributed by atoms with van der Waals surface area (Å²) in [7, 11) is 0. The first kappa shape index (κ1) is 7.60. The van der Waals surface area contributed by atoms with Crippen LogP contribution in [-0.2, 0) is 0 Å². The minimum atomic E-state index is 0.287. The zero-order valence-corrected chi connectivity index (χ0v) is 7.47. The summed E-state index contributed by atoms with van der Waals surface area (Å²) >= 11 is 0. The molecule has 0 aromatic carbocycles. The Morgan fingerprint density at radius 3 is 2.45 bits per heavy atom. The highest BCUT2D eigenvalue weighted by molar-refractivity contribution is 5.00. The first-order valence-electron chi connectivity index (χ1n) is 4.98. The van der Waals surface area contributed by atoms with Gasteiger partial charge in [-0.05, 0) is 31.1 Å². The molecule has 0 aromatic rings. The molecule has 11 heavy (non-hydrogen) atoms. The SMILES string of the molecule is CC(CC1(N)CC1)C1CCC1. The lowest BCUT2D eigenvalue weighted by Crippen LogP contribution is -2.29. The molecular formula is C10H19N. The molecule has 0 heterocycles. The van der Waals surface area contributed by atoms with Crippen molar-refractivity contribution in [2.24, 2.45) is 17.6 Å². The summed E-state index contributed by atoms with van der Waals surface area (Å²) < 4.78 is 0. The number of nitrogens with two attached hydrogens (primary N) is 1. The Bertz CT molecular complexity index is 145. The highest BCUT2D eigenvalue weighted by atomic mass is 14.8. The second-order valence-electron chi connectivity index (χ2n) is 4.73. The van der Waals surface area contributed by atoms with Crippen molar-refractivity contribution in [1.29, 1.82) is 0 Å². The van der Waals surface area contributed by atoms with Crippen LogP contribution in [0.5, 0.6) is 0 Å². The fraction of sp³-hybridized carbons (Fsp3) is 1.00. The smallest absolute Gasteiger partial charge is 0.0158 e. The van der Waals surface area contributed by atoms with Crippen molar-refractivity contribution < 1.29 is 0 Å². The number of hydrogen-bond acceptors (Lipinski definition) is 1. The van der Waals surface area contributed by atoms with Gasteiger partial charge in [0, 0.05) is 5.54 Å². The zero-order chi connectivity index (χ0) is 7.90. The van der Waals surface area contributed by atoms with Gasteiger partial charge in [0.15, 0.2) is 0 Å².